The van der Waals surface area contributed by atoms with Crippen molar-refractivity contribution >= 4 is 28.5 Å². The van der Waals surface area contributed by atoms with E-state index in [0.29, 0.717) is 23.1 Å². The Morgan fingerprint density at radius 3 is 2.16 bits per heavy atom. The number of ether oxygens (including phenoxy) is 1. The number of aromatic amines is 1. The molecule has 0 atom stereocenters. The second-order valence-electron chi connectivity index (χ2n) is 10.8. The van der Waals surface area contributed by atoms with Gasteiger partial charge in [-0.15, -0.1) is 0 Å². The van der Waals surface area contributed by atoms with Crippen LogP contribution in [0.4, 0.5) is 5.69 Å². The van der Waals surface area contributed by atoms with Gasteiger partial charge in [0, 0.05) is 25.3 Å². The Morgan fingerprint density at radius 2 is 1.53 bits per heavy atom. The molecule has 1 aromatic heterocycles. The van der Waals surface area contributed by atoms with E-state index in [1.807, 2.05) is 36.4 Å². The van der Waals surface area contributed by atoms with Gasteiger partial charge in [-0.05, 0) is 61.6 Å². The van der Waals surface area contributed by atoms with Gasteiger partial charge in [0.15, 0.2) is 0 Å². The number of hydrogen-bond acceptors (Lipinski definition) is 6. The van der Waals surface area contributed by atoms with Crippen LogP contribution in [-0.2, 0) is 20.9 Å². The first-order valence-electron chi connectivity index (χ1n) is 14.6. The molecule has 1 amide bonds. The zero-order valence-electron chi connectivity index (χ0n) is 23.9. The number of carboxylic acids is 1. The molecule has 0 bridgehead atoms. The quantitative estimate of drug-likeness (QED) is 0.168. The van der Waals surface area contributed by atoms with Crippen molar-refractivity contribution in [3.8, 4) is 0 Å². The molecule has 4 aromatic rings. The smallest absolute Gasteiger partial charge is 0.328 e. The highest BCUT2D eigenvalue weighted by Crippen LogP contribution is 2.30. The Bertz CT molecular complexity index is 1620. The molecule has 10 nitrogen and oxygen atoms in total. The number of benzene rings is 3. The van der Waals surface area contributed by atoms with Gasteiger partial charge < -0.3 is 20.1 Å². The van der Waals surface area contributed by atoms with Crippen LogP contribution in [0.1, 0.15) is 49.3 Å². The molecule has 0 radical (unpaired) electrons. The van der Waals surface area contributed by atoms with Crippen molar-refractivity contribution in [3.05, 3.63) is 111 Å². The highest BCUT2D eigenvalue weighted by Gasteiger charge is 2.24. The Morgan fingerprint density at radius 1 is 0.907 bits per heavy atom. The fourth-order valence-electron chi connectivity index (χ4n) is 5.60. The number of carbonyl (C=O) groups excluding carboxylic acids is 1. The summed E-state index contributed by atoms with van der Waals surface area (Å²) >= 11 is 0. The van der Waals surface area contributed by atoms with E-state index in [1.54, 1.807) is 0 Å². The van der Waals surface area contributed by atoms with E-state index in [1.165, 1.54) is 22.8 Å². The standard InChI is InChI=1S/C33H36N4O6/c38-29(22-30(39)40)34-25-13-14-27-28(21-25)37(33(42)35-32(27)41)18-8-7-17-36-19-15-26(16-20-36)43-31(23-9-3-1-4-10-23)24-11-5-2-6-12-24/h1-6,9-14,21,26,31H,7-8,15-20,22H2,(H,34,38)(H,39,40)(H,35,41,42). The first-order valence-corrected chi connectivity index (χ1v) is 14.6. The predicted molar refractivity (Wildman–Crippen MR) is 164 cm³/mol. The van der Waals surface area contributed by atoms with Crippen LogP contribution in [0.3, 0.4) is 0 Å². The lowest BCUT2D eigenvalue weighted by Gasteiger charge is -2.34. The zero-order chi connectivity index (χ0) is 30.2. The van der Waals surface area contributed by atoms with Gasteiger partial charge in [0.25, 0.3) is 5.56 Å². The fourth-order valence-corrected chi connectivity index (χ4v) is 5.60. The molecule has 3 aromatic carbocycles. The molecule has 0 unspecified atom stereocenters. The Hall–Kier alpha value is -4.54. The first-order chi connectivity index (χ1) is 20.9. The summed E-state index contributed by atoms with van der Waals surface area (Å²) in [6, 6.07) is 25.2. The van der Waals surface area contributed by atoms with Gasteiger partial charge in [0.2, 0.25) is 5.91 Å². The maximum absolute atomic E-state index is 12.7. The third kappa shape index (κ3) is 7.85. The van der Waals surface area contributed by atoms with Crippen molar-refractivity contribution in [2.24, 2.45) is 0 Å². The SMILES string of the molecule is O=C(O)CC(=O)Nc1ccc2c(=O)[nH]c(=O)n(CCCCN3CCC(OC(c4ccccc4)c4ccccc4)CC3)c2c1. The van der Waals surface area contributed by atoms with Crippen LogP contribution in [0, 0.1) is 0 Å². The number of amides is 1. The second-order valence-corrected chi connectivity index (χ2v) is 10.8. The van der Waals surface area contributed by atoms with Gasteiger partial charge in [-0.3, -0.25) is 23.9 Å². The molecule has 10 heteroatoms. The molecule has 0 aliphatic carbocycles. The largest absolute Gasteiger partial charge is 0.481 e. The number of nitrogens with one attached hydrogen (secondary N) is 2. The molecule has 2 heterocycles. The molecule has 0 spiro atoms. The van der Waals surface area contributed by atoms with Gasteiger partial charge in [-0.2, -0.15) is 0 Å². The molecule has 3 N–H and O–H groups in total. The van der Waals surface area contributed by atoms with Crippen LogP contribution in [0.25, 0.3) is 10.9 Å². The first kappa shape index (κ1) is 29.9. The summed E-state index contributed by atoms with van der Waals surface area (Å²) in [5.74, 6) is -1.93. The lowest BCUT2D eigenvalue weighted by molar-refractivity contribution is -0.139. The number of piperidine rings is 1. The van der Waals surface area contributed by atoms with E-state index < -0.39 is 29.5 Å². The van der Waals surface area contributed by atoms with Gasteiger partial charge in [0.1, 0.15) is 12.5 Å². The molecule has 1 aliphatic heterocycles. The number of carboxylic acid groups (broad SMARTS) is 1. The third-order valence-electron chi connectivity index (χ3n) is 7.77. The van der Waals surface area contributed by atoms with Crippen molar-refractivity contribution in [1.82, 2.24) is 14.5 Å². The molecule has 1 aliphatic rings. The topological polar surface area (TPSA) is 134 Å². The number of likely N-dealkylation sites (tertiary alicyclic amines) is 1. The lowest BCUT2D eigenvalue weighted by Crippen LogP contribution is -2.38. The minimum Gasteiger partial charge on any atom is -0.481 e. The maximum atomic E-state index is 12.7. The van der Waals surface area contributed by atoms with Crippen LogP contribution in [0.15, 0.2) is 88.5 Å². The Labute approximate surface area is 248 Å². The van der Waals surface area contributed by atoms with Crippen LogP contribution in [0.5, 0.6) is 0 Å². The summed E-state index contributed by atoms with van der Waals surface area (Å²) in [6.07, 6.45) is 2.85. The number of carbonyl (C=O) groups is 2. The van der Waals surface area contributed by atoms with E-state index in [2.05, 4.69) is 39.5 Å². The minimum atomic E-state index is -1.24. The number of hydrogen-bond donors (Lipinski definition) is 3. The van der Waals surface area contributed by atoms with Crippen molar-refractivity contribution in [3.63, 3.8) is 0 Å². The summed E-state index contributed by atoms with van der Waals surface area (Å²) in [4.78, 5) is 52.6. The average Bonchev–Trinajstić information content (AvgIpc) is 3.00. The summed E-state index contributed by atoms with van der Waals surface area (Å²) in [5, 5.41) is 11.7. The molecule has 1 fully saturated rings. The molecule has 1 saturated heterocycles. The van der Waals surface area contributed by atoms with Crippen molar-refractivity contribution in [2.45, 2.75) is 50.9 Å². The van der Waals surface area contributed by atoms with E-state index in [-0.39, 0.29) is 12.2 Å². The molecular weight excluding hydrogens is 548 g/mol. The number of nitrogens with zero attached hydrogens (tertiary/aromatic N) is 2. The fraction of sp³-hybridized carbons (Fsp3) is 0.333. The van der Waals surface area contributed by atoms with Gasteiger partial charge in [-0.25, -0.2) is 4.79 Å². The summed E-state index contributed by atoms with van der Waals surface area (Å²) in [7, 11) is 0. The normalized spacial score (nSPS) is 14.3. The highest BCUT2D eigenvalue weighted by molar-refractivity contribution is 6.02. The monoisotopic (exact) mass is 584 g/mol. The van der Waals surface area contributed by atoms with Crippen molar-refractivity contribution in [1.29, 1.82) is 0 Å². The van der Waals surface area contributed by atoms with Crippen LogP contribution >= 0.6 is 0 Å². The van der Waals surface area contributed by atoms with Gasteiger partial charge in [-0.1, -0.05) is 60.7 Å². The average molecular weight is 585 g/mol. The van der Waals surface area contributed by atoms with Gasteiger partial charge in [0.05, 0.1) is 17.0 Å². The lowest BCUT2D eigenvalue weighted by atomic mass is 10.00. The van der Waals surface area contributed by atoms with E-state index in [9.17, 15) is 19.2 Å². The maximum Gasteiger partial charge on any atom is 0.328 e. The van der Waals surface area contributed by atoms with E-state index >= 15 is 0 Å². The molecule has 224 valence electrons. The number of fused-ring (bicyclic) bond motifs is 1. The zero-order valence-corrected chi connectivity index (χ0v) is 23.9. The summed E-state index contributed by atoms with van der Waals surface area (Å²) in [6.45, 7) is 3.15. The van der Waals surface area contributed by atoms with E-state index in [4.69, 9.17) is 9.84 Å². The molecule has 0 saturated carbocycles. The minimum absolute atomic E-state index is 0.101. The molecule has 43 heavy (non-hydrogen) atoms. The molecular formula is C33H36N4O6. The molecule has 5 rings (SSSR count). The predicted octanol–water partition coefficient (Wildman–Crippen LogP) is 4.15. The number of aromatic nitrogens is 2. The van der Waals surface area contributed by atoms with Crippen LogP contribution < -0.4 is 16.6 Å². The Balaban J connectivity index is 1.15. The van der Waals surface area contributed by atoms with Crippen LogP contribution in [-0.4, -0.2) is 57.2 Å². The summed E-state index contributed by atoms with van der Waals surface area (Å²) in [5.41, 5.74) is 1.99. The second kappa shape index (κ2) is 14.1. The van der Waals surface area contributed by atoms with E-state index in [0.717, 1.165) is 56.4 Å². The Kier molecular flexibility index (Phi) is 9.81. The number of rotatable bonds is 12. The number of anilines is 1. The van der Waals surface area contributed by atoms with Crippen LogP contribution in [0.2, 0.25) is 0 Å². The number of H-pyrrole nitrogens is 1. The summed E-state index contributed by atoms with van der Waals surface area (Å²) < 4.78 is 8.16. The highest BCUT2D eigenvalue weighted by atomic mass is 16.5. The third-order valence-corrected chi connectivity index (χ3v) is 7.77. The van der Waals surface area contributed by atoms with Crippen molar-refractivity contribution in [2.75, 3.05) is 25.0 Å². The number of unbranched alkanes of at least 4 members (excludes halogenated alkanes) is 1. The number of aliphatic carboxylic acids is 1. The van der Waals surface area contributed by atoms with Crippen molar-refractivity contribution < 1.29 is 19.4 Å². The number of aryl methyl sites for hydroxylation is 1. The van der Waals surface area contributed by atoms with Gasteiger partial charge >= 0.3 is 11.7 Å².